The van der Waals surface area contributed by atoms with Crippen LogP contribution in [0.25, 0.3) is 11.2 Å². The molecule has 0 spiro atoms. The van der Waals surface area contributed by atoms with Crippen molar-refractivity contribution in [2.75, 3.05) is 0 Å². The van der Waals surface area contributed by atoms with Gasteiger partial charge in [-0.1, -0.05) is 12.2 Å². The van der Waals surface area contributed by atoms with Crippen LogP contribution in [0.15, 0.2) is 12.7 Å². The fraction of sp³-hybridized carbons (Fsp3) is 0.545. The van der Waals surface area contributed by atoms with Crippen molar-refractivity contribution in [2.45, 2.75) is 37.6 Å². The van der Waals surface area contributed by atoms with Crippen molar-refractivity contribution in [3.63, 3.8) is 0 Å². The molecule has 3 heterocycles. The maximum atomic E-state index is 10.9. The van der Waals surface area contributed by atoms with E-state index >= 15 is 0 Å². The first-order valence-electron chi connectivity index (χ1n) is 6.85. The van der Waals surface area contributed by atoms with Gasteiger partial charge in [0.1, 0.15) is 29.5 Å². The molecule has 0 radical (unpaired) electrons. The minimum atomic E-state index is -4.77. The number of nitrogens with one attached hydrogen (secondary N) is 1. The Balaban J connectivity index is 1.91. The predicted molar refractivity (Wildman–Crippen MR) is 81.2 cm³/mol. The van der Waals surface area contributed by atoms with Gasteiger partial charge in [-0.05, 0) is 6.92 Å². The van der Waals surface area contributed by atoms with E-state index in [0.29, 0.717) is 11.2 Å². The lowest BCUT2D eigenvalue weighted by atomic mass is 10.1. The number of nitrogens with zero attached hydrogens (tertiary/aromatic N) is 3. The average Bonchev–Trinajstić information content (AvgIpc) is 3.01. The molecular weight excluding hydrogens is 363 g/mol. The van der Waals surface area contributed by atoms with E-state index in [1.165, 1.54) is 24.1 Å². The first-order chi connectivity index (χ1) is 11.2. The third-order valence-corrected chi connectivity index (χ3v) is 4.60. The quantitative estimate of drug-likeness (QED) is 0.349. The van der Waals surface area contributed by atoms with Crippen LogP contribution in [0.1, 0.15) is 13.2 Å². The number of hydrogen-bond donors (Lipinski definition) is 5. The largest absolute Gasteiger partial charge is 0.469 e. The Bertz CT molecular complexity index is 850. The van der Waals surface area contributed by atoms with Crippen molar-refractivity contribution < 1.29 is 33.8 Å². The number of ether oxygens (including phenoxy) is 1. The number of rotatable bonds is 4. The Morgan fingerprint density at radius 3 is 2.79 bits per heavy atom. The number of aliphatic hydroxyl groups excluding tert-OH is 2. The highest BCUT2D eigenvalue weighted by Gasteiger charge is 2.48. The number of phosphoric acid groups is 1. The van der Waals surface area contributed by atoms with Crippen LogP contribution in [0, 0.1) is 4.64 Å². The molecule has 5 N–H and O–H groups in total. The molecule has 2 aromatic rings. The van der Waals surface area contributed by atoms with Crippen LogP contribution in [0.5, 0.6) is 0 Å². The van der Waals surface area contributed by atoms with E-state index in [1.54, 1.807) is 0 Å². The summed E-state index contributed by atoms with van der Waals surface area (Å²) in [6, 6.07) is 0. The molecular formula is C11H15N4O7PS. The minimum Gasteiger partial charge on any atom is -0.387 e. The number of phosphoric ester groups is 1. The number of aromatic nitrogens is 4. The lowest BCUT2D eigenvalue weighted by molar-refractivity contribution is -0.0757. The summed E-state index contributed by atoms with van der Waals surface area (Å²) >= 11 is 5.05. The normalized spacial score (nSPS) is 29.2. The van der Waals surface area contributed by atoms with E-state index in [0.717, 1.165) is 0 Å². The number of hydrogen-bond acceptors (Lipinski definition) is 8. The first-order valence-corrected chi connectivity index (χ1v) is 8.78. The molecule has 1 aliphatic rings. The van der Waals surface area contributed by atoms with E-state index in [-0.39, 0.29) is 4.64 Å². The summed E-state index contributed by atoms with van der Waals surface area (Å²) in [7, 11) is -4.77. The van der Waals surface area contributed by atoms with Gasteiger partial charge in [-0.25, -0.2) is 14.5 Å². The molecule has 0 amide bonds. The fourth-order valence-corrected chi connectivity index (χ4v) is 3.40. The predicted octanol–water partition coefficient (Wildman–Crippen LogP) is -0.394. The second-order valence-electron chi connectivity index (χ2n) is 5.33. The lowest BCUT2D eigenvalue weighted by Gasteiger charge is -2.22. The van der Waals surface area contributed by atoms with Gasteiger partial charge in [0.25, 0.3) is 0 Å². The van der Waals surface area contributed by atoms with Crippen molar-refractivity contribution in [1.82, 2.24) is 19.5 Å². The Morgan fingerprint density at radius 1 is 1.42 bits per heavy atom. The molecule has 3 rings (SSSR count). The van der Waals surface area contributed by atoms with Crippen LogP contribution < -0.4 is 0 Å². The zero-order valence-corrected chi connectivity index (χ0v) is 14.0. The van der Waals surface area contributed by atoms with Crippen molar-refractivity contribution in [3.05, 3.63) is 17.3 Å². The summed E-state index contributed by atoms with van der Waals surface area (Å²) in [5.74, 6) is 0. The van der Waals surface area contributed by atoms with Gasteiger partial charge in [-0.3, -0.25) is 9.09 Å². The second-order valence-corrected chi connectivity index (χ2v) is 6.91. The van der Waals surface area contributed by atoms with E-state index in [9.17, 15) is 14.8 Å². The zero-order valence-electron chi connectivity index (χ0n) is 12.3. The summed E-state index contributed by atoms with van der Waals surface area (Å²) < 4.78 is 22.7. The van der Waals surface area contributed by atoms with Gasteiger partial charge < -0.3 is 29.7 Å². The molecule has 13 heteroatoms. The van der Waals surface area contributed by atoms with Crippen molar-refractivity contribution >= 4 is 31.2 Å². The Hall–Kier alpha value is -1.24. The molecule has 132 valence electrons. The third kappa shape index (κ3) is 3.15. The van der Waals surface area contributed by atoms with Gasteiger partial charge >= 0.3 is 7.82 Å². The highest BCUT2D eigenvalue weighted by Crippen LogP contribution is 2.41. The van der Waals surface area contributed by atoms with Crippen LogP contribution >= 0.6 is 20.0 Å². The molecule has 1 saturated heterocycles. The van der Waals surface area contributed by atoms with Gasteiger partial charge in [-0.2, -0.15) is 0 Å². The first kappa shape index (κ1) is 17.6. The maximum Gasteiger partial charge on any atom is 0.469 e. The van der Waals surface area contributed by atoms with Gasteiger partial charge in [0, 0.05) is 0 Å². The van der Waals surface area contributed by atoms with E-state index in [4.69, 9.17) is 26.7 Å². The van der Waals surface area contributed by atoms with Gasteiger partial charge in [0.15, 0.2) is 10.9 Å². The monoisotopic (exact) mass is 378 g/mol. The summed E-state index contributed by atoms with van der Waals surface area (Å²) in [6.45, 7) is 1.32. The average molecular weight is 378 g/mol. The van der Waals surface area contributed by atoms with Crippen LogP contribution in [-0.2, 0) is 13.8 Å². The maximum absolute atomic E-state index is 10.9. The van der Waals surface area contributed by atoms with E-state index < -0.39 is 38.5 Å². The highest BCUT2D eigenvalue weighted by molar-refractivity contribution is 7.71. The molecule has 1 aliphatic heterocycles. The fourth-order valence-electron chi connectivity index (χ4n) is 2.65. The molecule has 1 fully saturated rings. The van der Waals surface area contributed by atoms with E-state index in [1.807, 2.05) is 0 Å². The van der Waals surface area contributed by atoms with Crippen molar-refractivity contribution in [2.24, 2.45) is 0 Å². The van der Waals surface area contributed by atoms with Crippen LogP contribution in [0.3, 0.4) is 0 Å². The molecule has 1 unspecified atom stereocenters. The summed E-state index contributed by atoms with van der Waals surface area (Å²) in [4.78, 5) is 28.6. The molecule has 0 aromatic carbocycles. The summed E-state index contributed by atoms with van der Waals surface area (Å²) in [5.41, 5.74) is 0.816. The Labute approximate surface area is 140 Å². The standard InChI is InChI=1S/C11H15N4O7PS/c1-4(22-23(18,19)20)8-6(16)7(17)11(21-8)15-3-14-5-9(15)12-2-13-10(5)24/h2-4,6-8,11,16-17H,1H3,(H,12,13,24)(H2,18,19,20)/t4?,6-,7+,8+,11+/m0/s1. The number of imidazole rings is 1. The molecule has 0 aliphatic carbocycles. The summed E-state index contributed by atoms with van der Waals surface area (Å²) in [5, 5.41) is 20.4. The summed E-state index contributed by atoms with van der Waals surface area (Å²) in [6.07, 6.45) is -3.43. The molecule has 0 bridgehead atoms. The molecule has 24 heavy (non-hydrogen) atoms. The second kappa shape index (κ2) is 6.24. The van der Waals surface area contributed by atoms with Crippen molar-refractivity contribution in [3.8, 4) is 0 Å². The van der Waals surface area contributed by atoms with Crippen molar-refractivity contribution in [1.29, 1.82) is 0 Å². The molecule has 0 saturated carbocycles. The number of H-pyrrole nitrogens is 1. The van der Waals surface area contributed by atoms with Crippen LogP contribution in [0.2, 0.25) is 0 Å². The van der Waals surface area contributed by atoms with Crippen LogP contribution in [-0.4, -0.2) is 63.9 Å². The highest BCUT2D eigenvalue weighted by atomic mass is 32.1. The number of aromatic amines is 1. The van der Waals surface area contributed by atoms with Gasteiger partial charge in [-0.15, -0.1) is 0 Å². The smallest absolute Gasteiger partial charge is 0.387 e. The molecule has 2 aromatic heterocycles. The molecule has 5 atom stereocenters. The van der Waals surface area contributed by atoms with Gasteiger partial charge in [0.2, 0.25) is 0 Å². The number of aliphatic hydroxyl groups is 2. The lowest BCUT2D eigenvalue weighted by Crippen LogP contribution is -2.38. The zero-order chi connectivity index (χ0) is 17.6. The molecule has 11 nitrogen and oxygen atoms in total. The van der Waals surface area contributed by atoms with E-state index in [2.05, 4.69) is 19.5 Å². The Morgan fingerprint density at radius 2 is 2.12 bits per heavy atom. The number of fused-ring (bicyclic) bond motifs is 1. The SMILES string of the molecule is CC(OP(=O)(O)O)[C@H]1O[C@@H](n2cnc3c(=S)nc[nH]c32)[C@H](O)[C@@H]1O. The van der Waals surface area contributed by atoms with Gasteiger partial charge in [0.05, 0.1) is 18.8 Å². The minimum absolute atomic E-state index is 0.255. The Kier molecular flexibility index (Phi) is 4.57. The van der Waals surface area contributed by atoms with Crippen LogP contribution in [0.4, 0.5) is 0 Å². The third-order valence-electron chi connectivity index (χ3n) is 3.70. The topological polar surface area (TPSA) is 163 Å².